The number of hydrogen-bond donors (Lipinski definition) is 3. The number of aromatic amines is 1. The summed E-state index contributed by atoms with van der Waals surface area (Å²) >= 11 is 1.40. The van der Waals surface area contributed by atoms with Crippen molar-refractivity contribution in [3.63, 3.8) is 0 Å². The number of benzene rings is 1. The van der Waals surface area contributed by atoms with Crippen LogP contribution >= 0.6 is 11.8 Å². The number of nitrogens with one attached hydrogen (secondary N) is 3. The van der Waals surface area contributed by atoms with Crippen molar-refractivity contribution in [1.82, 2.24) is 20.2 Å². The Bertz CT molecular complexity index is 1060. The van der Waals surface area contributed by atoms with E-state index in [0.29, 0.717) is 48.5 Å². The van der Waals surface area contributed by atoms with Crippen LogP contribution < -0.4 is 15.5 Å². The van der Waals surface area contributed by atoms with Crippen LogP contribution in [0.2, 0.25) is 0 Å². The Morgan fingerprint density at radius 2 is 2.06 bits per heavy atom. The highest BCUT2D eigenvalue weighted by Crippen LogP contribution is 2.31. The molecule has 0 spiro atoms. The molecule has 0 aliphatic carbocycles. The Kier molecular flexibility index (Phi) is 6.36. The lowest BCUT2D eigenvalue weighted by Crippen LogP contribution is -2.21. The summed E-state index contributed by atoms with van der Waals surface area (Å²) in [6, 6.07) is 11.2. The molecule has 3 heterocycles. The molecule has 1 fully saturated rings. The first-order chi connectivity index (χ1) is 15.0. The van der Waals surface area contributed by atoms with E-state index in [1.165, 1.54) is 11.8 Å². The summed E-state index contributed by atoms with van der Waals surface area (Å²) in [4.78, 5) is 23.7. The largest absolute Gasteiger partial charge is 0.353 e. The second-order valence-corrected chi connectivity index (χ2v) is 8.36. The minimum atomic E-state index is -0.845. The second-order valence-electron chi connectivity index (χ2n) is 7.32. The number of nitrogens with zero attached hydrogens (tertiary/aromatic N) is 4. The highest BCUT2D eigenvalue weighted by molar-refractivity contribution is 7.99. The lowest BCUT2D eigenvalue weighted by molar-refractivity contribution is -0.115. The summed E-state index contributed by atoms with van der Waals surface area (Å²) in [6.07, 6.45) is 0.0829. The van der Waals surface area contributed by atoms with Crippen molar-refractivity contribution in [2.24, 2.45) is 0 Å². The highest BCUT2D eigenvalue weighted by Gasteiger charge is 2.24. The number of hydrogen-bond acceptors (Lipinski definition) is 7. The molecule has 0 unspecified atom stereocenters. The third-order valence-corrected chi connectivity index (χ3v) is 5.65. The molecule has 0 saturated carbocycles. The Hall–Kier alpha value is -3.14. The molecule has 8 nitrogen and oxygen atoms in total. The molecule has 1 saturated heterocycles. The van der Waals surface area contributed by atoms with Gasteiger partial charge in [0.05, 0.1) is 6.54 Å². The highest BCUT2D eigenvalue weighted by atomic mass is 32.2. The van der Waals surface area contributed by atoms with Crippen molar-refractivity contribution in [3.8, 4) is 0 Å². The van der Waals surface area contributed by atoms with Gasteiger partial charge < -0.3 is 15.5 Å². The van der Waals surface area contributed by atoms with Gasteiger partial charge in [0.1, 0.15) is 17.8 Å². The van der Waals surface area contributed by atoms with E-state index in [1.54, 1.807) is 0 Å². The second kappa shape index (κ2) is 9.34. The van der Waals surface area contributed by atoms with E-state index < -0.39 is 6.17 Å². The summed E-state index contributed by atoms with van der Waals surface area (Å²) < 4.78 is 13.8. The maximum atomic E-state index is 13.8. The van der Waals surface area contributed by atoms with Gasteiger partial charge in [-0.25, -0.2) is 14.4 Å². The smallest absolute Gasteiger partial charge is 0.224 e. The Labute approximate surface area is 184 Å². The number of H-pyrrole nitrogens is 1. The number of anilines is 4. The van der Waals surface area contributed by atoms with E-state index in [-0.39, 0.29) is 5.91 Å². The number of alkyl halides is 1. The topological polar surface area (TPSA) is 98.8 Å². The average Bonchev–Trinajstić information content (AvgIpc) is 3.37. The summed E-state index contributed by atoms with van der Waals surface area (Å²) in [5, 5.41) is 13.6. The van der Waals surface area contributed by atoms with Crippen LogP contribution in [0, 0.1) is 6.92 Å². The van der Waals surface area contributed by atoms with Crippen LogP contribution in [0.4, 0.5) is 27.5 Å². The molecule has 31 heavy (non-hydrogen) atoms. The molecule has 3 aromatic rings. The fourth-order valence-electron chi connectivity index (χ4n) is 3.18. The van der Waals surface area contributed by atoms with Gasteiger partial charge in [-0.2, -0.15) is 5.10 Å². The minimum absolute atomic E-state index is 0.0301. The predicted octanol–water partition coefficient (Wildman–Crippen LogP) is 4.30. The standard InChI is InChI=1S/C21H24FN7OS/c1-3-20(30)23-15-4-6-16(7-5-15)31-21-25-17(24-18-10-13(2)27-28-18)11-19(26-21)29-9-8-14(22)12-29/h4-7,10-11,14H,3,8-9,12H2,1-2H3,(H,23,30)(H2,24,25,26,27,28)/t14-/m1/s1. The molecule has 1 atom stereocenters. The maximum absolute atomic E-state index is 13.8. The average molecular weight is 442 g/mol. The van der Waals surface area contributed by atoms with Gasteiger partial charge >= 0.3 is 0 Å². The van der Waals surface area contributed by atoms with E-state index in [9.17, 15) is 9.18 Å². The molecule has 1 aromatic carbocycles. The predicted molar refractivity (Wildman–Crippen MR) is 120 cm³/mol. The van der Waals surface area contributed by atoms with Crippen LogP contribution in [0.5, 0.6) is 0 Å². The molecule has 4 rings (SSSR count). The van der Waals surface area contributed by atoms with E-state index in [2.05, 4.69) is 30.8 Å². The number of amides is 1. The number of carbonyl (C=O) groups excluding carboxylic acids is 1. The van der Waals surface area contributed by atoms with E-state index in [0.717, 1.165) is 16.3 Å². The maximum Gasteiger partial charge on any atom is 0.224 e. The number of aromatic nitrogens is 4. The van der Waals surface area contributed by atoms with Gasteiger partial charge in [-0.15, -0.1) is 0 Å². The third kappa shape index (κ3) is 5.52. The van der Waals surface area contributed by atoms with E-state index >= 15 is 0 Å². The van der Waals surface area contributed by atoms with Crippen molar-refractivity contribution in [2.75, 3.05) is 28.6 Å². The molecule has 2 aromatic heterocycles. The van der Waals surface area contributed by atoms with E-state index in [1.807, 2.05) is 55.1 Å². The molecule has 10 heteroatoms. The Balaban J connectivity index is 1.56. The van der Waals surface area contributed by atoms with Crippen molar-refractivity contribution in [1.29, 1.82) is 0 Å². The quantitative estimate of drug-likeness (QED) is 0.470. The fraction of sp³-hybridized carbons (Fsp3) is 0.333. The normalized spacial score (nSPS) is 15.8. The molecule has 3 N–H and O–H groups in total. The van der Waals surface area contributed by atoms with E-state index in [4.69, 9.17) is 0 Å². The number of halogens is 1. The first-order valence-corrected chi connectivity index (χ1v) is 10.9. The summed E-state index contributed by atoms with van der Waals surface area (Å²) in [6.45, 7) is 4.68. The van der Waals surface area contributed by atoms with Crippen LogP contribution in [-0.4, -0.2) is 45.3 Å². The first kappa shape index (κ1) is 21.1. The third-order valence-electron chi connectivity index (χ3n) is 4.78. The van der Waals surface area contributed by atoms with Gasteiger partial charge in [0.25, 0.3) is 0 Å². The zero-order valence-electron chi connectivity index (χ0n) is 17.4. The minimum Gasteiger partial charge on any atom is -0.353 e. The number of carbonyl (C=O) groups is 1. The molecule has 1 amide bonds. The monoisotopic (exact) mass is 441 g/mol. The van der Waals surface area contributed by atoms with Crippen LogP contribution in [0.25, 0.3) is 0 Å². The molecule has 162 valence electrons. The van der Waals surface area contributed by atoms with Gasteiger partial charge in [-0.05, 0) is 49.4 Å². The van der Waals surface area contributed by atoms with Crippen molar-refractivity contribution < 1.29 is 9.18 Å². The molecular formula is C21H24FN7OS. The van der Waals surface area contributed by atoms with Gasteiger partial charge in [0.2, 0.25) is 5.91 Å². The first-order valence-electron chi connectivity index (χ1n) is 10.1. The van der Waals surface area contributed by atoms with Crippen LogP contribution in [0.3, 0.4) is 0 Å². The molecule has 1 aliphatic rings. The molecular weight excluding hydrogens is 417 g/mol. The Morgan fingerprint density at radius 3 is 2.71 bits per heavy atom. The molecule has 0 radical (unpaired) electrons. The number of aryl methyl sites for hydroxylation is 1. The lowest BCUT2D eigenvalue weighted by Gasteiger charge is -2.18. The molecule has 0 bridgehead atoms. The van der Waals surface area contributed by atoms with Crippen LogP contribution in [0.1, 0.15) is 25.5 Å². The Morgan fingerprint density at radius 1 is 1.26 bits per heavy atom. The van der Waals surface area contributed by atoms with Crippen LogP contribution in [-0.2, 0) is 4.79 Å². The summed E-state index contributed by atoms with van der Waals surface area (Å²) in [7, 11) is 0. The SMILES string of the molecule is CCC(=O)Nc1ccc(Sc2nc(Nc3cc(C)[nH]n3)cc(N3CC[C@@H](F)C3)n2)cc1. The van der Waals surface area contributed by atoms with Gasteiger partial charge in [-0.3, -0.25) is 9.89 Å². The summed E-state index contributed by atoms with van der Waals surface area (Å²) in [5.74, 6) is 1.89. The van der Waals surface area contributed by atoms with Gasteiger partial charge in [0.15, 0.2) is 11.0 Å². The van der Waals surface area contributed by atoms with Gasteiger partial charge in [0, 0.05) is 41.4 Å². The number of rotatable bonds is 7. The summed E-state index contributed by atoms with van der Waals surface area (Å²) in [5.41, 5.74) is 1.68. The fourth-order valence-corrected chi connectivity index (χ4v) is 3.95. The van der Waals surface area contributed by atoms with Gasteiger partial charge in [-0.1, -0.05) is 6.92 Å². The van der Waals surface area contributed by atoms with Crippen molar-refractivity contribution in [3.05, 3.63) is 42.1 Å². The molecule has 1 aliphatic heterocycles. The van der Waals surface area contributed by atoms with Crippen molar-refractivity contribution in [2.45, 2.75) is 42.9 Å². The van der Waals surface area contributed by atoms with Crippen molar-refractivity contribution >= 4 is 40.8 Å². The lowest BCUT2D eigenvalue weighted by atomic mass is 10.3. The van der Waals surface area contributed by atoms with Crippen LogP contribution in [0.15, 0.2) is 46.5 Å². The zero-order chi connectivity index (χ0) is 21.8. The zero-order valence-corrected chi connectivity index (χ0v) is 18.2.